The number of alkyl halides is 3. The molecule has 10 heteroatoms. The van der Waals surface area contributed by atoms with Gasteiger partial charge < -0.3 is 5.32 Å². The van der Waals surface area contributed by atoms with Crippen molar-refractivity contribution in [1.29, 1.82) is 0 Å². The second-order valence-corrected chi connectivity index (χ2v) is 7.34. The minimum Gasteiger partial charge on any atom is -0.347 e. The van der Waals surface area contributed by atoms with Crippen LogP contribution >= 0.6 is 43.6 Å². The highest BCUT2D eigenvalue weighted by atomic mass is 79.9. The number of benzene rings is 2. The minimum atomic E-state index is -4.66. The molecule has 0 amide bonds. The van der Waals surface area contributed by atoms with Gasteiger partial charge in [0, 0.05) is 19.9 Å². The normalized spacial score (nSPS) is 13.1. The van der Waals surface area contributed by atoms with Crippen LogP contribution in [0.5, 0.6) is 0 Å². The molecule has 0 saturated heterocycles. The van der Waals surface area contributed by atoms with Crippen molar-refractivity contribution in [1.82, 2.24) is 0 Å². The molecule has 1 aliphatic rings. The molecule has 2 aromatic rings. The lowest BCUT2D eigenvalue weighted by atomic mass is 10.1. The third-order valence-corrected chi connectivity index (χ3v) is 5.88. The number of fused-ring (bicyclic) bond motifs is 2. The van der Waals surface area contributed by atoms with Crippen molar-refractivity contribution in [3.8, 4) is 0 Å². The number of nitrogens with one attached hydrogen (secondary N) is 1. The van der Waals surface area contributed by atoms with E-state index in [1.54, 1.807) is 12.1 Å². The highest BCUT2D eigenvalue weighted by Gasteiger charge is 2.36. The number of anilines is 2. The lowest BCUT2D eigenvalue weighted by molar-refractivity contribution is -0.384. The summed E-state index contributed by atoms with van der Waals surface area (Å²) >= 11 is 7.71. The average Bonchev–Trinajstić information content (AvgIpc) is 2.47. The molecule has 3 rings (SSSR count). The van der Waals surface area contributed by atoms with E-state index in [1.807, 2.05) is 0 Å². The quantitative estimate of drug-likeness (QED) is 0.333. The molecule has 0 radical (unpaired) electrons. The molecule has 0 aromatic heterocycles. The summed E-state index contributed by atoms with van der Waals surface area (Å²) in [7, 11) is 0. The topological polar surface area (TPSA) is 55.2 Å². The fourth-order valence-electron chi connectivity index (χ4n) is 2.10. The summed E-state index contributed by atoms with van der Waals surface area (Å²) in [4.78, 5) is 11.2. The van der Waals surface area contributed by atoms with Gasteiger partial charge in [0.25, 0.3) is 5.69 Å². The SMILES string of the molecule is O=[N+]([O-])c1cc(C(F)(F)F)cc2c1Nc1c(Br)ccc(Br)c1S2. The molecule has 0 fully saturated rings. The van der Waals surface area contributed by atoms with Crippen molar-refractivity contribution in [2.24, 2.45) is 0 Å². The van der Waals surface area contributed by atoms with Crippen LogP contribution in [0.25, 0.3) is 0 Å². The lowest BCUT2D eigenvalue weighted by Crippen LogP contribution is -2.10. The van der Waals surface area contributed by atoms with Crippen LogP contribution in [-0.4, -0.2) is 4.92 Å². The molecule has 0 bridgehead atoms. The van der Waals surface area contributed by atoms with Crippen LogP contribution in [0.15, 0.2) is 43.0 Å². The number of rotatable bonds is 1. The summed E-state index contributed by atoms with van der Waals surface area (Å²) in [5, 5.41) is 14.1. The fraction of sp³-hybridized carbons (Fsp3) is 0.0769. The van der Waals surface area contributed by atoms with Gasteiger partial charge in [0.1, 0.15) is 5.69 Å². The Morgan fingerprint density at radius 2 is 1.78 bits per heavy atom. The third kappa shape index (κ3) is 2.94. The smallest absolute Gasteiger partial charge is 0.347 e. The predicted octanol–water partition coefficient (Wildman–Crippen LogP) is 6.35. The standard InChI is InChI=1S/C13H5Br2F3N2O2S/c14-6-1-2-7(15)12-10(6)19-11-8(20(21)22)3-5(13(16,17)18)4-9(11)23-12/h1-4,19H. The van der Waals surface area contributed by atoms with Gasteiger partial charge >= 0.3 is 6.18 Å². The van der Waals surface area contributed by atoms with Crippen LogP contribution in [0, 0.1) is 10.1 Å². The van der Waals surface area contributed by atoms with E-state index in [2.05, 4.69) is 37.2 Å². The Morgan fingerprint density at radius 1 is 1.13 bits per heavy atom. The highest BCUT2D eigenvalue weighted by molar-refractivity contribution is 9.11. The molecule has 120 valence electrons. The number of halogens is 5. The first-order valence-electron chi connectivity index (χ1n) is 6.01. The Bertz CT molecular complexity index is 843. The first-order chi connectivity index (χ1) is 10.7. The second kappa shape index (κ2) is 5.67. The van der Waals surface area contributed by atoms with E-state index in [1.165, 1.54) is 0 Å². The van der Waals surface area contributed by atoms with Gasteiger partial charge in [-0.15, -0.1) is 0 Å². The van der Waals surface area contributed by atoms with Gasteiger partial charge in [-0.1, -0.05) is 11.8 Å². The molecule has 1 heterocycles. The van der Waals surface area contributed by atoms with Crippen LogP contribution in [-0.2, 0) is 6.18 Å². The zero-order valence-corrected chi connectivity index (χ0v) is 14.9. The summed E-state index contributed by atoms with van der Waals surface area (Å²) in [6, 6.07) is 4.93. The summed E-state index contributed by atoms with van der Waals surface area (Å²) in [6.45, 7) is 0. The zero-order valence-electron chi connectivity index (χ0n) is 10.9. The van der Waals surface area contributed by atoms with Gasteiger partial charge in [0.05, 0.1) is 21.1 Å². The predicted molar refractivity (Wildman–Crippen MR) is 87.3 cm³/mol. The molecule has 23 heavy (non-hydrogen) atoms. The van der Waals surface area contributed by atoms with Crippen molar-refractivity contribution in [3.63, 3.8) is 0 Å². The van der Waals surface area contributed by atoms with E-state index in [4.69, 9.17) is 0 Å². The van der Waals surface area contributed by atoms with Crippen LogP contribution < -0.4 is 5.32 Å². The van der Waals surface area contributed by atoms with Gasteiger partial charge in [0.2, 0.25) is 0 Å². The van der Waals surface area contributed by atoms with Gasteiger partial charge in [0.15, 0.2) is 0 Å². The number of nitro groups is 1. The van der Waals surface area contributed by atoms with E-state index in [0.29, 0.717) is 25.6 Å². The van der Waals surface area contributed by atoms with E-state index in [9.17, 15) is 23.3 Å². The molecular formula is C13H5Br2F3N2O2S. The molecule has 0 unspecified atom stereocenters. The van der Waals surface area contributed by atoms with Crippen LogP contribution in [0.4, 0.5) is 30.2 Å². The van der Waals surface area contributed by atoms with Gasteiger partial charge in [-0.25, -0.2) is 0 Å². The Morgan fingerprint density at radius 3 is 2.39 bits per heavy atom. The average molecular weight is 470 g/mol. The molecular weight excluding hydrogens is 465 g/mol. The van der Waals surface area contributed by atoms with Crippen molar-refractivity contribution in [3.05, 3.63) is 48.9 Å². The maximum absolute atomic E-state index is 13.0. The summed E-state index contributed by atoms with van der Waals surface area (Å²) in [5.41, 5.74) is -1.04. The number of nitro benzene ring substituents is 1. The fourth-order valence-corrected chi connectivity index (χ4v) is 4.33. The molecule has 1 aliphatic heterocycles. The molecule has 2 aromatic carbocycles. The maximum Gasteiger partial charge on any atom is 0.416 e. The number of hydrogen-bond donors (Lipinski definition) is 1. The molecule has 0 atom stereocenters. The van der Waals surface area contributed by atoms with E-state index in [0.717, 1.165) is 17.8 Å². The molecule has 0 aliphatic carbocycles. The Labute approximate surface area is 148 Å². The first-order valence-corrected chi connectivity index (χ1v) is 8.41. The Kier molecular flexibility index (Phi) is 4.09. The van der Waals surface area contributed by atoms with Crippen molar-refractivity contribution >= 4 is 60.7 Å². The minimum absolute atomic E-state index is 0.0549. The zero-order chi connectivity index (χ0) is 16.9. The van der Waals surface area contributed by atoms with Gasteiger partial charge in [-0.05, 0) is 50.1 Å². The molecule has 4 nitrogen and oxygen atoms in total. The van der Waals surface area contributed by atoms with E-state index in [-0.39, 0.29) is 10.6 Å². The van der Waals surface area contributed by atoms with Crippen molar-refractivity contribution in [2.45, 2.75) is 16.0 Å². The Hall–Kier alpha value is -1.26. The van der Waals surface area contributed by atoms with E-state index >= 15 is 0 Å². The second-order valence-electron chi connectivity index (χ2n) is 4.58. The van der Waals surface area contributed by atoms with E-state index < -0.39 is 22.4 Å². The number of hydrogen-bond acceptors (Lipinski definition) is 4. The Balaban J connectivity index is 2.23. The van der Waals surface area contributed by atoms with Crippen LogP contribution in [0.2, 0.25) is 0 Å². The van der Waals surface area contributed by atoms with Crippen LogP contribution in [0.1, 0.15) is 5.56 Å². The summed E-state index contributed by atoms with van der Waals surface area (Å²) < 4.78 is 40.2. The van der Waals surface area contributed by atoms with Gasteiger partial charge in [-0.2, -0.15) is 13.2 Å². The summed E-state index contributed by atoms with van der Waals surface area (Å²) in [5.74, 6) is 0. The third-order valence-electron chi connectivity index (χ3n) is 3.13. The maximum atomic E-state index is 13.0. The molecule has 0 saturated carbocycles. The largest absolute Gasteiger partial charge is 0.416 e. The first kappa shape index (κ1) is 16.6. The highest BCUT2D eigenvalue weighted by Crippen LogP contribution is 2.53. The van der Waals surface area contributed by atoms with Crippen LogP contribution in [0.3, 0.4) is 0 Å². The lowest BCUT2D eigenvalue weighted by Gasteiger charge is -2.23. The number of nitrogens with zero attached hydrogens (tertiary/aromatic N) is 1. The molecule has 0 spiro atoms. The summed E-state index contributed by atoms with van der Waals surface area (Å²) in [6.07, 6.45) is -4.66. The monoisotopic (exact) mass is 468 g/mol. The van der Waals surface area contributed by atoms with Crippen molar-refractivity contribution in [2.75, 3.05) is 5.32 Å². The van der Waals surface area contributed by atoms with Gasteiger partial charge in [-0.3, -0.25) is 10.1 Å². The molecule has 1 N–H and O–H groups in total. The van der Waals surface area contributed by atoms with Crippen molar-refractivity contribution < 1.29 is 18.1 Å².